The fourth-order valence-electron chi connectivity index (χ4n) is 8.73. The Kier molecular flexibility index (Phi) is 4.92. The van der Waals surface area contributed by atoms with Gasteiger partial charge in [0.1, 0.15) is 11.5 Å². The van der Waals surface area contributed by atoms with Gasteiger partial charge in [0.25, 0.3) is 6.71 Å². The van der Waals surface area contributed by atoms with Gasteiger partial charge in [-0.3, -0.25) is 0 Å². The van der Waals surface area contributed by atoms with E-state index in [4.69, 9.17) is 4.74 Å². The number of rotatable bonds is 3. The summed E-state index contributed by atoms with van der Waals surface area (Å²) in [7, 11) is 0. The first-order valence-corrected chi connectivity index (χ1v) is 15.4. The second-order valence-electron chi connectivity index (χ2n) is 12.8. The second-order valence-corrected chi connectivity index (χ2v) is 12.8. The van der Waals surface area contributed by atoms with Crippen LogP contribution in [0.15, 0.2) is 115 Å². The van der Waals surface area contributed by atoms with E-state index in [1.807, 2.05) is 0 Å². The number of benzene rings is 5. The maximum atomic E-state index is 7.03. The largest absolute Gasteiger partial charge is 0.456 e. The zero-order valence-electron chi connectivity index (χ0n) is 24.2. The second kappa shape index (κ2) is 8.55. The van der Waals surface area contributed by atoms with Crippen molar-refractivity contribution >= 4 is 51.5 Å². The van der Waals surface area contributed by atoms with Crippen LogP contribution in [0.25, 0.3) is 0 Å². The molecule has 5 aromatic carbocycles. The molecule has 0 saturated heterocycles. The Morgan fingerprint density at radius 2 is 1.36 bits per heavy atom. The van der Waals surface area contributed by atoms with Gasteiger partial charge in [-0.15, -0.1) is 0 Å². The predicted molar refractivity (Wildman–Crippen MR) is 175 cm³/mol. The van der Waals surface area contributed by atoms with Gasteiger partial charge in [0.2, 0.25) is 0 Å². The number of hydrogen-bond acceptors (Lipinski definition) is 3. The first-order chi connectivity index (χ1) is 20.6. The molecule has 0 radical (unpaired) electrons. The molecule has 0 spiro atoms. The van der Waals surface area contributed by atoms with Crippen molar-refractivity contribution in [2.24, 2.45) is 0 Å². The van der Waals surface area contributed by atoms with Crippen molar-refractivity contribution in [3.8, 4) is 11.5 Å². The van der Waals surface area contributed by atoms with Crippen molar-refractivity contribution in [1.29, 1.82) is 0 Å². The van der Waals surface area contributed by atoms with Crippen LogP contribution in [0.3, 0.4) is 0 Å². The van der Waals surface area contributed by atoms with Crippen LogP contribution in [0.2, 0.25) is 0 Å². The normalized spacial score (nSPS) is 22.4. The van der Waals surface area contributed by atoms with Gasteiger partial charge in [-0.05, 0) is 84.2 Å². The third kappa shape index (κ3) is 2.97. The molecule has 0 aromatic heterocycles. The van der Waals surface area contributed by atoms with Gasteiger partial charge >= 0.3 is 0 Å². The van der Waals surface area contributed by atoms with Crippen molar-refractivity contribution < 1.29 is 4.74 Å². The van der Waals surface area contributed by atoms with Crippen LogP contribution >= 0.6 is 0 Å². The Labute approximate surface area is 248 Å². The van der Waals surface area contributed by atoms with E-state index in [-0.39, 0.29) is 17.7 Å². The molecule has 0 bridgehead atoms. The van der Waals surface area contributed by atoms with Gasteiger partial charge in [-0.1, -0.05) is 92.6 Å². The minimum absolute atomic E-state index is 0.0450. The van der Waals surface area contributed by atoms with Crippen molar-refractivity contribution in [2.45, 2.75) is 50.5 Å². The third-order valence-electron chi connectivity index (χ3n) is 10.9. The van der Waals surface area contributed by atoms with Crippen LogP contribution in [0.1, 0.15) is 45.1 Å². The molecular formula is C38H33BN2O. The first-order valence-electron chi connectivity index (χ1n) is 15.4. The predicted octanol–water partition coefficient (Wildman–Crippen LogP) is 7.83. The maximum Gasteiger partial charge on any atom is 0.256 e. The molecule has 0 amide bonds. The molecular weight excluding hydrogens is 511 g/mol. The van der Waals surface area contributed by atoms with Gasteiger partial charge in [-0.2, -0.15) is 0 Å². The molecule has 5 aromatic rings. The molecule has 3 nitrogen and oxygen atoms in total. The molecule has 1 saturated carbocycles. The molecule has 1 unspecified atom stereocenters. The summed E-state index contributed by atoms with van der Waals surface area (Å²) >= 11 is 0. The highest BCUT2D eigenvalue weighted by molar-refractivity contribution is 6.99. The molecule has 204 valence electrons. The van der Waals surface area contributed by atoms with E-state index in [2.05, 4.69) is 139 Å². The molecule has 1 aliphatic carbocycles. The van der Waals surface area contributed by atoms with E-state index in [0.717, 1.165) is 28.6 Å². The van der Waals surface area contributed by atoms with Crippen LogP contribution in [0.5, 0.6) is 11.5 Å². The van der Waals surface area contributed by atoms with Crippen LogP contribution in [-0.2, 0) is 5.41 Å². The minimum Gasteiger partial charge on any atom is -0.456 e. The maximum absolute atomic E-state index is 7.03. The average Bonchev–Trinajstić information content (AvgIpc) is 3.25. The van der Waals surface area contributed by atoms with Crippen LogP contribution in [0.4, 0.5) is 28.4 Å². The Morgan fingerprint density at radius 1 is 0.690 bits per heavy atom. The van der Waals surface area contributed by atoms with Crippen molar-refractivity contribution in [3.05, 3.63) is 121 Å². The Morgan fingerprint density at radius 3 is 2.12 bits per heavy atom. The standard InChI is InChI=1S/C38H33BN2O/c1-37-24-9-10-25-38(37,2)41-31-21-13-23-33-34(31)39(29-19-11-18-28(37)35(29)41)30-20-12-22-32(36(30)42-33)40(26-14-5-3-6-15-26)27-16-7-4-8-17-27/h3-8,11-23H,9-10,24-25H2,1-2H3/t37-,38?/m0/s1. The highest BCUT2D eigenvalue weighted by Crippen LogP contribution is 2.61. The number of ether oxygens (including phenoxy) is 1. The molecule has 1 fully saturated rings. The Bertz CT molecular complexity index is 1830. The summed E-state index contributed by atoms with van der Waals surface area (Å²) in [5.41, 5.74) is 11.7. The summed E-state index contributed by atoms with van der Waals surface area (Å²) in [6, 6.07) is 41.8. The van der Waals surface area contributed by atoms with E-state index in [0.29, 0.717) is 0 Å². The first kappa shape index (κ1) is 24.2. The Hall–Kier alpha value is -4.44. The molecule has 0 N–H and O–H groups in total. The summed E-state index contributed by atoms with van der Waals surface area (Å²) in [5, 5.41) is 0. The minimum atomic E-state index is 0.0450. The zero-order valence-corrected chi connectivity index (χ0v) is 24.2. The van der Waals surface area contributed by atoms with Crippen LogP contribution < -0.4 is 30.9 Å². The third-order valence-corrected chi connectivity index (χ3v) is 10.9. The van der Waals surface area contributed by atoms with Gasteiger partial charge in [0.05, 0.1) is 11.2 Å². The fourth-order valence-corrected chi connectivity index (χ4v) is 8.73. The fraction of sp³-hybridized carbons (Fsp3) is 0.211. The van der Waals surface area contributed by atoms with Gasteiger partial charge in [0, 0.05) is 28.2 Å². The van der Waals surface area contributed by atoms with Crippen molar-refractivity contribution in [1.82, 2.24) is 0 Å². The quantitative estimate of drug-likeness (QED) is 0.211. The summed E-state index contributed by atoms with van der Waals surface area (Å²) in [6.45, 7) is 5.16. The number of anilines is 5. The van der Waals surface area contributed by atoms with Gasteiger partial charge in [0.15, 0.2) is 0 Å². The molecule has 4 heteroatoms. The van der Waals surface area contributed by atoms with Crippen LogP contribution in [0, 0.1) is 0 Å². The number of fused-ring (bicyclic) bond motifs is 7. The lowest BCUT2D eigenvalue weighted by molar-refractivity contribution is 0.195. The van der Waals surface area contributed by atoms with Crippen molar-refractivity contribution in [3.63, 3.8) is 0 Å². The summed E-state index contributed by atoms with van der Waals surface area (Å²) in [4.78, 5) is 5.06. The summed E-state index contributed by atoms with van der Waals surface area (Å²) in [5.74, 6) is 1.92. The molecule has 3 aliphatic heterocycles. The van der Waals surface area contributed by atoms with E-state index in [1.54, 1.807) is 0 Å². The van der Waals surface area contributed by atoms with Crippen molar-refractivity contribution in [2.75, 3.05) is 9.80 Å². The molecule has 42 heavy (non-hydrogen) atoms. The average molecular weight is 545 g/mol. The number of para-hydroxylation sites is 4. The van der Waals surface area contributed by atoms with E-state index in [1.165, 1.54) is 59.0 Å². The van der Waals surface area contributed by atoms with Crippen LogP contribution in [-0.4, -0.2) is 12.3 Å². The monoisotopic (exact) mass is 544 g/mol. The number of hydrogen-bond donors (Lipinski definition) is 0. The molecule has 9 rings (SSSR count). The van der Waals surface area contributed by atoms with E-state index < -0.39 is 0 Å². The lowest BCUT2D eigenvalue weighted by Gasteiger charge is -2.52. The topological polar surface area (TPSA) is 15.7 Å². The lowest BCUT2D eigenvalue weighted by Crippen LogP contribution is -2.63. The number of nitrogens with zero attached hydrogens (tertiary/aromatic N) is 2. The van der Waals surface area contributed by atoms with E-state index in [9.17, 15) is 0 Å². The molecule has 2 atom stereocenters. The van der Waals surface area contributed by atoms with Gasteiger partial charge in [-0.25, -0.2) is 0 Å². The molecule has 3 heterocycles. The highest BCUT2D eigenvalue weighted by Gasteiger charge is 2.61. The van der Waals surface area contributed by atoms with Gasteiger partial charge < -0.3 is 14.5 Å². The summed E-state index contributed by atoms with van der Waals surface area (Å²) < 4.78 is 7.03. The Balaban J connectivity index is 1.31. The highest BCUT2D eigenvalue weighted by atomic mass is 16.5. The van der Waals surface area contributed by atoms with E-state index >= 15 is 0 Å². The zero-order chi connectivity index (χ0) is 28.1. The lowest BCUT2D eigenvalue weighted by atomic mass is 9.34. The molecule has 4 aliphatic rings. The SMILES string of the molecule is CC12CCCC[C@@]1(C)c1cccc3c1N2c1cccc2c1B3c1cccc(N(c3ccccc3)c3ccccc3)c1O2. The smallest absolute Gasteiger partial charge is 0.256 e. The summed E-state index contributed by atoms with van der Waals surface area (Å²) in [6.07, 6.45) is 5.01.